The topological polar surface area (TPSA) is 44.4 Å². The van der Waals surface area contributed by atoms with Crippen molar-refractivity contribution in [2.75, 3.05) is 32.7 Å². The van der Waals surface area contributed by atoms with Gasteiger partial charge in [0.05, 0.1) is 6.54 Å². The molecule has 1 atom stereocenters. The highest BCUT2D eigenvalue weighted by molar-refractivity contribution is 5.77. The Kier molecular flexibility index (Phi) is 6.02. The fourth-order valence-corrected chi connectivity index (χ4v) is 2.58. The van der Waals surface area contributed by atoms with Crippen molar-refractivity contribution in [2.24, 2.45) is 0 Å². The highest BCUT2D eigenvalue weighted by Gasteiger charge is 2.17. The zero-order chi connectivity index (χ0) is 14.2. The third-order valence-electron chi connectivity index (χ3n) is 3.63. The molecular weight excluding hydrogens is 250 g/mol. The predicted octanol–water partition coefficient (Wildman–Crippen LogP) is 1.03. The third-order valence-corrected chi connectivity index (χ3v) is 3.63. The minimum atomic E-state index is 0.146. The van der Waals surface area contributed by atoms with E-state index in [4.69, 9.17) is 0 Å². The molecule has 0 radical (unpaired) electrons. The van der Waals surface area contributed by atoms with Gasteiger partial charge < -0.3 is 10.6 Å². The Hall–Kier alpha value is -1.39. The van der Waals surface area contributed by atoms with Crippen LogP contribution >= 0.6 is 0 Å². The Labute approximate surface area is 121 Å². The number of hydrogen-bond donors (Lipinski definition) is 2. The standard InChI is InChI=1S/C16H25N3O/c1-14-12-19(11-10-17-14)13-16(20)18-9-5-8-15-6-3-2-4-7-15/h2-4,6-7,14,17H,5,8-13H2,1H3,(H,18,20)/t14-/m1/s1. The van der Waals surface area contributed by atoms with Crippen LogP contribution in [0.5, 0.6) is 0 Å². The molecule has 1 aliphatic rings. The summed E-state index contributed by atoms with van der Waals surface area (Å²) >= 11 is 0. The molecular formula is C16H25N3O. The fourth-order valence-electron chi connectivity index (χ4n) is 2.58. The van der Waals surface area contributed by atoms with Crippen molar-refractivity contribution in [3.8, 4) is 0 Å². The van der Waals surface area contributed by atoms with Gasteiger partial charge in [0.15, 0.2) is 0 Å². The molecule has 20 heavy (non-hydrogen) atoms. The number of aryl methyl sites for hydroxylation is 1. The van der Waals surface area contributed by atoms with Gasteiger partial charge in [-0.3, -0.25) is 9.69 Å². The first-order valence-electron chi connectivity index (χ1n) is 7.50. The number of carbonyl (C=O) groups excluding carboxylic acids is 1. The number of benzene rings is 1. The fraction of sp³-hybridized carbons (Fsp3) is 0.562. The highest BCUT2D eigenvalue weighted by atomic mass is 16.2. The van der Waals surface area contributed by atoms with Gasteiger partial charge in [-0.25, -0.2) is 0 Å². The summed E-state index contributed by atoms with van der Waals surface area (Å²) in [6, 6.07) is 10.9. The molecule has 1 aliphatic heterocycles. The normalized spacial score (nSPS) is 19.8. The predicted molar refractivity (Wildman–Crippen MR) is 81.7 cm³/mol. The molecule has 2 N–H and O–H groups in total. The van der Waals surface area contributed by atoms with E-state index in [0.717, 1.165) is 39.0 Å². The van der Waals surface area contributed by atoms with E-state index in [1.54, 1.807) is 0 Å². The molecule has 1 amide bonds. The lowest BCUT2D eigenvalue weighted by molar-refractivity contribution is -0.122. The molecule has 4 nitrogen and oxygen atoms in total. The van der Waals surface area contributed by atoms with Crippen LogP contribution in [0.2, 0.25) is 0 Å². The average molecular weight is 275 g/mol. The van der Waals surface area contributed by atoms with Gasteiger partial charge >= 0.3 is 0 Å². The van der Waals surface area contributed by atoms with Gasteiger partial charge in [0.1, 0.15) is 0 Å². The first-order valence-corrected chi connectivity index (χ1v) is 7.50. The molecule has 1 saturated heterocycles. The van der Waals surface area contributed by atoms with Gasteiger partial charge in [-0.05, 0) is 25.3 Å². The molecule has 0 aromatic heterocycles. The summed E-state index contributed by atoms with van der Waals surface area (Å²) in [7, 11) is 0. The lowest BCUT2D eigenvalue weighted by Gasteiger charge is -2.31. The Morgan fingerprint density at radius 3 is 2.95 bits per heavy atom. The third kappa shape index (κ3) is 5.31. The van der Waals surface area contributed by atoms with Crippen molar-refractivity contribution in [3.05, 3.63) is 35.9 Å². The average Bonchev–Trinajstić information content (AvgIpc) is 2.45. The second-order valence-electron chi connectivity index (χ2n) is 5.53. The van der Waals surface area contributed by atoms with Crippen LogP contribution in [0.4, 0.5) is 0 Å². The van der Waals surface area contributed by atoms with Gasteiger partial charge in [-0.2, -0.15) is 0 Å². The summed E-state index contributed by atoms with van der Waals surface area (Å²) < 4.78 is 0. The first kappa shape index (κ1) is 15.0. The largest absolute Gasteiger partial charge is 0.355 e. The SMILES string of the molecule is C[C@@H]1CN(CC(=O)NCCCc2ccccc2)CCN1. The Bertz CT molecular complexity index is 407. The number of rotatable bonds is 6. The highest BCUT2D eigenvalue weighted by Crippen LogP contribution is 2.01. The van der Waals surface area contributed by atoms with Crippen LogP contribution in [-0.4, -0.2) is 49.6 Å². The van der Waals surface area contributed by atoms with Crippen molar-refractivity contribution in [1.82, 2.24) is 15.5 Å². The van der Waals surface area contributed by atoms with Crippen LogP contribution in [0.25, 0.3) is 0 Å². The van der Waals surface area contributed by atoms with Crippen LogP contribution < -0.4 is 10.6 Å². The van der Waals surface area contributed by atoms with E-state index in [1.165, 1.54) is 5.56 Å². The molecule has 4 heteroatoms. The van der Waals surface area contributed by atoms with E-state index in [2.05, 4.69) is 46.7 Å². The van der Waals surface area contributed by atoms with Crippen molar-refractivity contribution in [3.63, 3.8) is 0 Å². The number of hydrogen-bond acceptors (Lipinski definition) is 3. The summed E-state index contributed by atoms with van der Waals surface area (Å²) in [6.45, 7) is 6.33. The van der Waals surface area contributed by atoms with E-state index in [0.29, 0.717) is 12.6 Å². The second-order valence-corrected chi connectivity index (χ2v) is 5.53. The molecule has 1 aromatic rings. The smallest absolute Gasteiger partial charge is 0.234 e. The maximum atomic E-state index is 11.9. The zero-order valence-corrected chi connectivity index (χ0v) is 12.3. The van der Waals surface area contributed by atoms with Gasteiger partial charge in [0, 0.05) is 32.2 Å². The van der Waals surface area contributed by atoms with Crippen LogP contribution in [-0.2, 0) is 11.2 Å². The summed E-state index contributed by atoms with van der Waals surface area (Å²) in [5.41, 5.74) is 1.33. The maximum Gasteiger partial charge on any atom is 0.234 e. The first-order chi connectivity index (χ1) is 9.74. The molecule has 110 valence electrons. The van der Waals surface area contributed by atoms with E-state index in [9.17, 15) is 4.79 Å². The summed E-state index contributed by atoms with van der Waals surface area (Å²) in [6.07, 6.45) is 2.01. The summed E-state index contributed by atoms with van der Waals surface area (Å²) in [5.74, 6) is 0.146. The molecule has 0 unspecified atom stereocenters. The van der Waals surface area contributed by atoms with E-state index in [-0.39, 0.29) is 5.91 Å². The minimum Gasteiger partial charge on any atom is -0.355 e. The molecule has 1 aromatic carbocycles. The van der Waals surface area contributed by atoms with Gasteiger partial charge in [0.25, 0.3) is 0 Å². The van der Waals surface area contributed by atoms with E-state index in [1.807, 2.05) is 6.07 Å². The summed E-state index contributed by atoms with van der Waals surface area (Å²) in [4.78, 5) is 14.1. The van der Waals surface area contributed by atoms with E-state index < -0.39 is 0 Å². The van der Waals surface area contributed by atoms with Gasteiger partial charge in [0.2, 0.25) is 5.91 Å². The maximum absolute atomic E-state index is 11.9. The Balaban J connectivity index is 1.58. The summed E-state index contributed by atoms with van der Waals surface area (Å²) in [5, 5.41) is 6.40. The second kappa shape index (κ2) is 8.02. The number of nitrogens with one attached hydrogen (secondary N) is 2. The van der Waals surface area contributed by atoms with Crippen LogP contribution in [0.15, 0.2) is 30.3 Å². The molecule has 0 bridgehead atoms. The lowest BCUT2D eigenvalue weighted by atomic mass is 10.1. The minimum absolute atomic E-state index is 0.146. The number of carbonyl (C=O) groups is 1. The lowest BCUT2D eigenvalue weighted by Crippen LogP contribution is -2.51. The van der Waals surface area contributed by atoms with Crippen molar-refractivity contribution in [1.29, 1.82) is 0 Å². The number of nitrogens with zero attached hydrogens (tertiary/aromatic N) is 1. The van der Waals surface area contributed by atoms with Crippen LogP contribution in [0, 0.1) is 0 Å². The van der Waals surface area contributed by atoms with Crippen LogP contribution in [0.1, 0.15) is 18.9 Å². The van der Waals surface area contributed by atoms with Gasteiger partial charge in [-0.1, -0.05) is 30.3 Å². The Morgan fingerprint density at radius 1 is 1.40 bits per heavy atom. The Morgan fingerprint density at radius 2 is 2.20 bits per heavy atom. The number of amides is 1. The van der Waals surface area contributed by atoms with Crippen molar-refractivity contribution < 1.29 is 4.79 Å². The zero-order valence-electron chi connectivity index (χ0n) is 12.3. The number of piperazine rings is 1. The van der Waals surface area contributed by atoms with E-state index >= 15 is 0 Å². The quantitative estimate of drug-likeness (QED) is 0.762. The molecule has 0 saturated carbocycles. The van der Waals surface area contributed by atoms with Crippen LogP contribution in [0.3, 0.4) is 0 Å². The molecule has 0 spiro atoms. The molecule has 0 aliphatic carbocycles. The van der Waals surface area contributed by atoms with Gasteiger partial charge in [-0.15, -0.1) is 0 Å². The molecule has 2 rings (SSSR count). The van der Waals surface area contributed by atoms with Crippen molar-refractivity contribution >= 4 is 5.91 Å². The monoisotopic (exact) mass is 275 g/mol. The van der Waals surface area contributed by atoms with Crippen molar-refractivity contribution in [2.45, 2.75) is 25.8 Å². The molecule has 1 fully saturated rings. The molecule has 1 heterocycles.